The number of aliphatic hydroxyl groups is 1. The van der Waals surface area contributed by atoms with E-state index in [0.29, 0.717) is 0 Å². The lowest BCUT2D eigenvalue weighted by molar-refractivity contribution is -0.140. The van der Waals surface area contributed by atoms with Gasteiger partial charge in [-0.25, -0.2) is 9.59 Å². The first-order valence-corrected chi connectivity index (χ1v) is 4.73. The van der Waals surface area contributed by atoms with Gasteiger partial charge in [0.05, 0.1) is 6.61 Å². The molecule has 0 radical (unpaired) electrons. The van der Waals surface area contributed by atoms with Gasteiger partial charge < -0.3 is 20.3 Å². The van der Waals surface area contributed by atoms with Crippen molar-refractivity contribution in [1.82, 2.24) is 5.32 Å². The quantitative estimate of drug-likeness (QED) is 0.653. The minimum absolute atomic E-state index is 0.527. The molecule has 15 heavy (non-hydrogen) atoms. The molecule has 0 heterocycles. The average molecular weight is 280 g/mol. The standard InChI is InChI=1S/C6H8Cl3NO5/c7-6(8,9)2-15-5(14)10-3(1-11)4(12)13/h3,11H,1-2H2,(H,10,14)(H,12,13). The third-order valence-electron chi connectivity index (χ3n) is 1.14. The molecule has 88 valence electrons. The Morgan fingerprint density at radius 3 is 2.27 bits per heavy atom. The molecule has 0 rings (SSSR count). The molecule has 3 N–H and O–H groups in total. The van der Waals surface area contributed by atoms with E-state index in [2.05, 4.69) is 4.74 Å². The lowest BCUT2D eigenvalue weighted by Crippen LogP contribution is -2.44. The predicted molar refractivity (Wildman–Crippen MR) is 53.3 cm³/mol. The molecule has 1 atom stereocenters. The van der Waals surface area contributed by atoms with Gasteiger partial charge in [0.15, 0.2) is 6.04 Å². The van der Waals surface area contributed by atoms with E-state index in [1.54, 1.807) is 0 Å². The number of carboxylic acids is 1. The van der Waals surface area contributed by atoms with E-state index < -0.39 is 35.1 Å². The van der Waals surface area contributed by atoms with Crippen LogP contribution < -0.4 is 5.32 Å². The molecule has 0 aromatic heterocycles. The molecule has 0 spiro atoms. The third-order valence-corrected chi connectivity index (χ3v) is 1.47. The summed E-state index contributed by atoms with van der Waals surface area (Å²) in [4.78, 5) is 21.2. The summed E-state index contributed by atoms with van der Waals surface area (Å²) >= 11 is 15.8. The van der Waals surface area contributed by atoms with Crippen molar-refractivity contribution in [3.05, 3.63) is 0 Å². The van der Waals surface area contributed by atoms with Gasteiger partial charge in [-0.1, -0.05) is 34.8 Å². The number of carboxylic acid groups (broad SMARTS) is 1. The van der Waals surface area contributed by atoms with Crippen LogP contribution in [0.2, 0.25) is 0 Å². The van der Waals surface area contributed by atoms with Gasteiger partial charge in [-0.2, -0.15) is 0 Å². The van der Waals surface area contributed by atoms with E-state index in [9.17, 15) is 9.59 Å². The maximum Gasteiger partial charge on any atom is 0.408 e. The van der Waals surface area contributed by atoms with Crippen molar-refractivity contribution in [3.63, 3.8) is 0 Å². The summed E-state index contributed by atoms with van der Waals surface area (Å²) in [5.74, 6) is -1.40. The average Bonchev–Trinajstić information content (AvgIpc) is 2.09. The molecule has 0 aromatic carbocycles. The van der Waals surface area contributed by atoms with Crippen LogP contribution in [0.5, 0.6) is 0 Å². The van der Waals surface area contributed by atoms with E-state index >= 15 is 0 Å². The number of hydrogen-bond donors (Lipinski definition) is 3. The fourth-order valence-corrected chi connectivity index (χ4v) is 0.680. The van der Waals surface area contributed by atoms with Crippen molar-refractivity contribution in [2.75, 3.05) is 13.2 Å². The fraction of sp³-hybridized carbons (Fsp3) is 0.667. The molecule has 1 unspecified atom stereocenters. The van der Waals surface area contributed by atoms with Crippen LogP contribution in [0.4, 0.5) is 4.79 Å². The third kappa shape index (κ3) is 7.49. The molecule has 0 aliphatic carbocycles. The Labute approximate surface area is 100 Å². The van der Waals surface area contributed by atoms with Gasteiger partial charge in [0.25, 0.3) is 0 Å². The van der Waals surface area contributed by atoms with E-state index in [4.69, 9.17) is 45.0 Å². The van der Waals surface area contributed by atoms with Crippen LogP contribution in [0.25, 0.3) is 0 Å². The fourth-order valence-electron chi connectivity index (χ4n) is 0.517. The molecular weight excluding hydrogens is 272 g/mol. The molecule has 0 aromatic rings. The summed E-state index contributed by atoms with van der Waals surface area (Å²) in [5, 5.41) is 18.8. The number of nitrogens with one attached hydrogen (secondary N) is 1. The predicted octanol–water partition coefficient (Wildman–Crippen LogP) is 0.528. The summed E-state index contributed by atoms with van der Waals surface area (Å²) in [6.45, 7) is -1.29. The SMILES string of the molecule is O=C(NC(CO)C(=O)O)OCC(Cl)(Cl)Cl. The lowest BCUT2D eigenvalue weighted by atomic mass is 10.3. The molecule has 9 heteroatoms. The second kappa shape index (κ2) is 6.22. The number of ether oxygens (including phenoxy) is 1. The number of alkyl halides is 3. The van der Waals surface area contributed by atoms with Crippen LogP contribution in [-0.2, 0) is 9.53 Å². The van der Waals surface area contributed by atoms with Crippen LogP contribution in [0.3, 0.4) is 0 Å². The van der Waals surface area contributed by atoms with Crippen LogP contribution in [0, 0.1) is 0 Å². The molecule has 1 amide bonds. The summed E-state index contributed by atoms with van der Waals surface area (Å²) in [6, 6.07) is -1.45. The van der Waals surface area contributed by atoms with Gasteiger partial charge >= 0.3 is 12.1 Å². The highest BCUT2D eigenvalue weighted by Gasteiger charge is 2.24. The van der Waals surface area contributed by atoms with Gasteiger partial charge in [0, 0.05) is 0 Å². The first-order chi connectivity index (χ1) is 6.76. The number of hydrogen-bond acceptors (Lipinski definition) is 4. The van der Waals surface area contributed by atoms with Crippen molar-refractivity contribution < 1.29 is 24.5 Å². The van der Waals surface area contributed by atoms with E-state index in [-0.39, 0.29) is 0 Å². The molecule has 0 saturated carbocycles. The van der Waals surface area contributed by atoms with Gasteiger partial charge in [-0.05, 0) is 0 Å². The van der Waals surface area contributed by atoms with Gasteiger partial charge in [-0.3, -0.25) is 0 Å². The monoisotopic (exact) mass is 279 g/mol. The van der Waals surface area contributed by atoms with Crippen molar-refractivity contribution >= 4 is 46.9 Å². The van der Waals surface area contributed by atoms with Crippen LogP contribution in [0.1, 0.15) is 0 Å². The first-order valence-electron chi connectivity index (χ1n) is 3.60. The first kappa shape index (κ1) is 14.6. The van der Waals surface area contributed by atoms with Crippen molar-refractivity contribution in [1.29, 1.82) is 0 Å². The van der Waals surface area contributed by atoms with Crippen LogP contribution in [0.15, 0.2) is 0 Å². The van der Waals surface area contributed by atoms with Gasteiger partial charge in [0.1, 0.15) is 6.61 Å². The number of carbonyl (C=O) groups is 2. The number of carbonyl (C=O) groups excluding carboxylic acids is 1. The maximum atomic E-state index is 10.9. The van der Waals surface area contributed by atoms with E-state index in [0.717, 1.165) is 0 Å². The molecule has 0 aliphatic rings. The number of aliphatic hydroxyl groups excluding tert-OH is 1. The molecule has 0 bridgehead atoms. The largest absolute Gasteiger partial charge is 0.480 e. The summed E-state index contributed by atoms with van der Waals surface area (Å²) in [7, 11) is 0. The molecular formula is C6H8Cl3NO5. The van der Waals surface area contributed by atoms with Crippen molar-refractivity contribution in [2.24, 2.45) is 0 Å². The Hall–Kier alpha value is -0.430. The zero-order chi connectivity index (χ0) is 12.1. The zero-order valence-corrected chi connectivity index (χ0v) is 9.51. The topological polar surface area (TPSA) is 95.9 Å². The number of halogens is 3. The Morgan fingerprint density at radius 1 is 1.40 bits per heavy atom. The second-order valence-electron chi connectivity index (χ2n) is 2.41. The summed E-state index contributed by atoms with van der Waals surface area (Å²) in [5.41, 5.74) is 0. The number of rotatable bonds is 4. The molecule has 0 aliphatic heterocycles. The summed E-state index contributed by atoms with van der Waals surface area (Å²) < 4.78 is 2.60. The van der Waals surface area contributed by atoms with Crippen LogP contribution >= 0.6 is 34.8 Å². The minimum atomic E-state index is -1.77. The molecule has 0 saturated heterocycles. The zero-order valence-electron chi connectivity index (χ0n) is 7.24. The Bertz CT molecular complexity index is 241. The second-order valence-corrected chi connectivity index (χ2v) is 4.93. The highest BCUT2D eigenvalue weighted by Crippen LogP contribution is 2.25. The Balaban J connectivity index is 3.98. The van der Waals surface area contributed by atoms with E-state index in [1.807, 2.05) is 5.32 Å². The highest BCUT2D eigenvalue weighted by atomic mass is 35.6. The smallest absolute Gasteiger partial charge is 0.408 e. The number of aliphatic carboxylic acids is 1. The van der Waals surface area contributed by atoms with Crippen LogP contribution in [-0.4, -0.2) is 45.3 Å². The Morgan fingerprint density at radius 2 is 1.93 bits per heavy atom. The van der Waals surface area contributed by atoms with Gasteiger partial charge in [0.2, 0.25) is 3.79 Å². The normalized spacial score (nSPS) is 13.1. The number of amides is 1. The summed E-state index contributed by atoms with van der Waals surface area (Å²) in [6.07, 6.45) is -1.09. The van der Waals surface area contributed by atoms with Crippen molar-refractivity contribution in [3.8, 4) is 0 Å². The maximum absolute atomic E-state index is 10.9. The van der Waals surface area contributed by atoms with Crippen molar-refractivity contribution in [2.45, 2.75) is 9.83 Å². The molecule has 6 nitrogen and oxygen atoms in total. The Kier molecular flexibility index (Phi) is 6.04. The van der Waals surface area contributed by atoms with Gasteiger partial charge in [-0.15, -0.1) is 0 Å². The highest BCUT2D eigenvalue weighted by molar-refractivity contribution is 6.67. The minimum Gasteiger partial charge on any atom is -0.480 e. The lowest BCUT2D eigenvalue weighted by Gasteiger charge is -2.14. The molecule has 0 fully saturated rings. The van der Waals surface area contributed by atoms with E-state index in [1.165, 1.54) is 0 Å². The number of alkyl carbamates (subject to hydrolysis) is 1.